The summed E-state index contributed by atoms with van der Waals surface area (Å²) in [7, 11) is 0. The first-order chi connectivity index (χ1) is 14.5. The average molecular weight is 413 g/mol. The lowest BCUT2D eigenvalue weighted by molar-refractivity contribution is 0.153. The molecule has 2 aliphatic heterocycles. The third-order valence-corrected chi connectivity index (χ3v) is 6.04. The number of rotatable bonds is 6. The number of nitrogens with one attached hydrogen (secondary N) is 2. The molecule has 2 aliphatic rings. The van der Waals surface area contributed by atoms with Crippen LogP contribution in [0.25, 0.3) is 0 Å². The van der Waals surface area contributed by atoms with Gasteiger partial charge in [0.2, 0.25) is 0 Å². The van der Waals surface area contributed by atoms with E-state index in [4.69, 9.17) is 9.73 Å². The van der Waals surface area contributed by atoms with E-state index in [-0.39, 0.29) is 5.41 Å². The molecule has 5 nitrogen and oxygen atoms in total. The quantitative estimate of drug-likeness (QED) is 0.417. The summed E-state index contributed by atoms with van der Waals surface area (Å²) in [6.45, 7) is 14.4. The van der Waals surface area contributed by atoms with Gasteiger partial charge in [0.1, 0.15) is 0 Å². The van der Waals surface area contributed by atoms with Crippen LogP contribution in [0.5, 0.6) is 0 Å². The van der Waals surface area contributed by atoms with E-state index < -0.39 is 0 Å². The van der Waals surface area contributed by atoms with Crippen LogP contribution in [-0.4, -0.2) is 51.4 Å². The minimum atomic E-state index is 0.207. The lowest BCUT2D eigenvalue weighted by Crippen LogP contribution is -2.48. The Morgan fingerprint density at radius 1 is 1.17 bits per heavy atom. The number of hydrogen-bond donors (Lipinski definition) is 2. The number of hydrogen-bond acceptors (Lipinski definition) is 3. The summed E-state index contributed by atoms with van der Waals surface area (Å²) in [5.41, 5.74) is 4.42. The maximum atomic E-state index is 5.39. The molecule has 0 atom stereocenters. The highest BCUT2D eigenvalue weighted by molar-refractivity contribution is 5.80. The van der Waals surface area contributed by atoms with E-state index in [9.17, 15) is 0 Å². The molecule has 0 unspecified atom stereocenters. The average Bonchev–Trinajstić information content (AvgIpc) is 2.75. The Morgan fingerprint density at radius 3 is 2.50 bits per heavy atom. The van der Waals surface area contributed by atoms with E-state index >= 15 is 0 Å². The van der Waals surface area contributed by atoms with Crippen LogP contribution in [0.1, 0.15) is 58.9 Å². The van der Waals surface area contributed by atoms with E-state index in [1.807, 2.05) is 0 Å². The van der Waals surface area contributed by atoms with E-state index in [1.165, 1.54) is 16.8 Å². The van der Waals surface area contributed by atoms with Crippen molar-refractivity contribution in [3.8, 4) is 0 Å². The molecule has 1 aromatic carbocycles. The lowest BCUT2D eigenvalue weighted by Gasteiger charge is -2.35. The Bertz CT molecular complexity index is 710. The van der Waals surface area contributed by atoms with Gasteiger partial charge in [0.25, 0.3) is 0 Å². The van der Waals surface area contributed by atoms with E-state index in [1.54, 1.807) is 0 Å². The van der Waals surface area contributed by atoms with Gasteiger partial charge in [-0.15, -0.1) is 0 Å². The predicted molar refractivity (Wildman–Crippen MR) is 128 cm³/mol. The molecule has 0 spiro atoms. The van der Waals surface area contributed by atoms with Gasteiger partial charge in [-0.05, 0) is 55.7 Å². The van der Waals surface area contributed by atoms with E-state index in [0.29, 0.717) is 6.04 Å². The van der Waals surface area contributed by atoms with Gasteiger partial charge in [0.05, 0.1) is 13.2 Å². The summed E-state index contributed by atoms with van der Waals surface area (Å²) in [6, 6.07) is 9.61. The summed E-state index contributed by atoms with van der Waals surface area (Å²) in [5.74, 6) is 0.957. The third-order valence-electron chi connectivity index (χ3n) is 6.04. The molecular formula is C25H40N4O. The van der Waals surface area contributed by atoms with Crippen molar-refractivity contribution in [3.63, 3.8) is 0 Å². The fraction of sp³-hybridized carbons (Fsp3) is 0.640. The van der Waals surface area contributed by atoms with E-state index in [2.05, 4.69) is 73.6 Å². The first-order valence-corrected chi connectivity index (χ1v) is 11.6. The number of piperidine rings is 1. The van der Waals surface area contributed by atoms with Crippen LogP contribution in [0.4, 0.5) is 5.69 Å². The Hall–Kier alpha value is -2.01. The van der Waals surface area contributed by atoms with Crippen molar-refractivity contribution < 1.29 is 4.74 Å². The number of guanidine groups is 1. The highest BCUT2D eigenvalue weighted by Gasteiger charge is 2.21. The SMILES string of the molecule is CCNC(=NCCC1=CCOCC1)NC1CCN(c2ccc(C(C)(C)C)cc2)CC1. The van der Waals surface area contributed by atoms with Gasteiger partial charge in [-0.3, -0.25) is 4.99 Å². The fourth-order valence-electron chi connectivity index (χ4n) is 4.07. The molecule has 0 radical (unpaired) electrons. The van der Waals surface area contributed by atoms with Crippen LogP contribution in [0, 0.1) is 0 Å². The molecule has 1 saturated heterocycles. The van der Waals surface area contributed by atoms with Gasteiger partial charge >= 0.3 is 0 Å². The molecular weight excluding hydrogens is 372 g/mol. The number of aliphatic imine (C=N–C) groups is 1. The second-order valence-corrected chi connectivity index (χ2v) is 9.40. The molecule has 1 aromatic rings. The first-order valence-electron chi connectivity index (χ1n) is 11.6. The summed E-state index contributed by atoms with van der Waals surface area (Å²) < 4.78 is 5.39. The van der Waals surface area contributed by atoms with Gasteiger partial charge in [-0.25, -0.2) is 0 Å². The Balaban J connectivity index is 1.48. The lowest BCUT2D eigenvalue weighted by atomic mass is 9.87. The topological polar surface area (TPSA) is 48.9 Å². The zero-order chi connectivity index (χ0) is 21.4. The summed E-state index contributed by atoms with van der Waals surface area (Å²) >= 11 is 0. The maximum absolute atomic E-state index is 5.39. The second kappa shape index (κ2) is 10.9. The van der Waals surface area contributed by atoms with Crippen LogP contribution >= 0.6 is 0 Å². The molecule has 0 amide bonds. The maximum Gasteiger partial charge on any atom is 0.191 e. The second-order valence-electron chi connectivity index (χ2n) is 9.40. The molecule has 30 heavy (non-hydrogen) atoms. The highest BCUT2D eigenvalue weighted by atomic mass is 16.5. The zero-order valence-corrected chi connectivity index (χ0v) is 19.3. The van der Waals surface area contributed by atoms with Gasteiger partial charge in [-0.2, -0.15) is 0 Å². The Morgan fingerprint density at radius 2 is 1.90 bits per heavy atom. The van der Waals surface area contributed by atoms with Crippen LogP contribution in [0.15, 0.2) is 40.9 Å². The molecule has 0 bridgehead atoms. The molecule has 2 heterocycles. The van der Waals surface area contributed by atoms with Gasteiger partial charge in [0, 0.05) is 37.9 Å². The largest absolute Gasteiger partial charge is 0.377 e. The van der Waals surface area contributed by atoms with E-state index in [0.717, 1.165) is 71.0 Å². The van der Waals surface area contributed by atoms with Crippen molar-refractivity contribution in [2.24, 2.45) is 4.99 Å². The first kappa shape index (κ1) is 22.7. The summed E-state index contributed by atoms with van der Waals surface area (Å²) in [5, 5.41) is 7.08. The summed E-state index contributed by atoms with van der Waals surface area (Å²) in [6.07, 6.45) is 6.56. The molecule has 0 aromatic heterocycles. The number of benzene rings is 1. The molecule has 5 heteroatoms. The van der Waals surface area contributed by atoms with Crippen molar-refractivity contribution in [2.45, 2.75) is 64.8 Å². The molecule has 2 N–H and O–H groups in total. The minimum Gasteiger partial charge on any atom is -0.377 e. The molecule has 0 saturated carbocycles. The number of nitrogens with zero attached hydrogens (tertiary/aromatic N) is 2. The van der Waals surface area contributed by atoms with Crippen LogP contribution in [-0.2, 0) is 10.2 Å². The molecule has 0 aliphatic carbocycles. The number of anilines is 1. The van der Waals surface area contributed by atoms with Gasteiger partial charge in [0.15, 0.2) is 5.96 Å². The molecule has 3 rings (SSSR count). The van der Waals surface area contributed by atoms with Gasteiger partial charge in [-0.1, -0.05) is 44.6 Å². The summed E-state index contributed by atoms with van der Waals surface area (Å²) in [4.78, 5) is 7.32. The van der Waals surface area contributed by atoms with Crippen molar-refractivity contribution in [2.75, 3.05) is 44.3 Å². The normalized spacial score (nSPS) is 18.9. The Labute approximate surface area is 183 Å². The fourth-order valence-corrected chi connectivity index (χ4v) is 4.07. The zero-order valence-electron chi connectivity index (χ0n) is 19.3. The van der Waals surface area contributed by atoms with Crippen LogP contribution < -0.4 is 15.5 Å². The van der Waals surface area contributed by atoms with Crippen molar-refractivity contribution in [1.29, 1.82) is 0 Å². The highest BCUT2D eigenvalue weighted by Crippen LogP contribution is 2.26. The molecule has 1 fully saturated rings. The van der Waals surface area contributed by atoms with Crippen molar-refractivity contribution in [1.82, 2.24) is 10.6 Å². The Kier molecular flexibility index (Phi) is 8.20. The standard InChI is InChI=1S/C25H40N4O/c1-5-26-24(27-15-10-20-13-18-30-19-14-20)28-22-11-16-29(17-12-22)23-8-6-21(7-9-23)25(2,3)4/h6-9,13,22H,5,10-12,14-19H2,1-4H3,(H2,26,27,28). The third kappa shape index (κ3) is 6.76. The monoisotopic (exact) mass is 412 g/mol. The molecule has 166 valence electrons. The minimum absolute atomic E-state index is 0.207. The van der Waals surface area contributed by atoms with Crippen LogP contribution in [0.3, 0.4) is 0 Å². The van der Waals surface area contributed by atoms with Crippen LogP contribution in [0.2, 0.25) is 0 Å². The number of ether oxygens (including phenoxy) is 1. The van der Waals surface area contributed by atoms with Crippen molar-refractivity contribution in [3.05, 3.63) is 41.5 Å². The smallest absolute Gasteiger partial charge is 0.191 e. The predicted octanol–water partition coefficient (Wildman–Crippen LogP) is 4.24. The van der Waals surface area contributed by atoms with Gasteiger partial charge < -0.3 is 20.3 Å². The van der Waals surface area contributed by atoms with Crippen molar-refractivity contribution >= 4 is 11.6 Å².